The Kier molecular flexibility index (Phi) is 10.5. The van der Waals surface area contributed by atoms with E-state index in [0.29, 0.717) is 46.6 Å². The van der Waals surface area contributed by atoms with E-state index in [1.165, 1.54) is 6.21 Å². The van der Waals surface area contributed by atoms with Gasteiger partial charge in [-0.1, -0.05) is 43.6 Å². The van der Waals surface area contributed by atoms with Crippen LogP contribution in [0.15, 0.2) is 71.8 Å². The number of hydrazone groups is 1. The molecule has 3 aromatic carbocycles. The van der Waals surface area contributed by atoms with Gasteiger partial charge in [-0.05, 0) is 66.9 Å². The van der Waals surface area contributed by atoms with Crippen molar-refractivity contribution in [1.82, 2.24) is 10.7 Å². The highest BCUT2D eigenvalue weighted by atomic mass is 35.5. The van der Waals surface area contributed by atoms with Gasteiger partial charge < -0.3 is 19.5 Å². The topological polar surface area (TPSA) is 98.2 Å². The van der Waals surface area contributed by atoms with Crippen molar-refractivity contribution >= 4 is 29.6 Å². The standard InChI is InChI=1S/C29H32ClN3O5/c1-5-37-26-16-20(10-15-25(26)38-18-22-8-6-7-9-24(22)30)17-31-33-29(35)27(19(2)3)32-28(34)21-11-13-23(36-4)14-12-21/h6-17,19,27H,5,18H2,1-4H3,(H,32,34)(H,33,35). The van der Waals surface area contributed by atoms with Gasteiger partial charge in [0.1, 0.15) is 18.4 Å². The second kappa shape index (κ2) is 14.0. The third-order valence-electron chi connectivity index (χ3n) is 5.58. The Morgan fingerprint density at radius 3 is 2.39 bits per heavy atom. The molecular weight excluding hydrogens is 506 g/mol. The van der Waals surface area contributed by atoms with Crippen molar-refractivity contribution in [3.05, 3.63) is 88.4 Å². The minimum Gasteiger partial charge on any atom is -0.497 e. The fraction of sp³-hybridized carbons (Fsp3) is 0.276. The highest BCUT2D eigenvalue weighted by Crippen LogP contribution is 2.29. The minimum atomic E-state index is -0.777. The first kappa shape index (κ1) is 28.5. The molecule has 1 unspecified atom stereocenters. The van der Waals surface area contributed by atoms with E-state index in [-0.39, 0.29) is 11.8 Å². The molecule has 0 saturated heterocycles. The van der Waals surface area contributed by atoms with Gasteiger partial charge in [-0.15, -0.1) is 0 Å². The number of rotatable bonds is 12. The SMILES string of the molecule is CCOc1cc(C=NNC(=O)C(NC(=O)c2ccc(OC)cc2)C(C)C)ccc1OCc1ccccc1Cl. The van der Waals surface area contributed by atoms with Crippen LogP contribution in [-0.4, -0.2) is 37.8 Å². The number of hydrogen-bond donors (Lipinski definition) is 2. The molecule has 200 valence electrons. The van der Waals surface area contributed by atoms with Gasteiger partial charge in [0.05, 0.1) is 19.9 Å². The Morgan fingerprint density at radius 1 is 1.00 bits per heavy atom. The van der Waals surface area contributed by atoms with E-state index in [4.69, 9.17) is 25.8 Å². The summed E-state index contributed by atoms with van der Waals surface area (Å²) in [4.78, 5) is 25.4. The van der Waals surface area contributed by atoms with E-state index in [0.717, 1.165) is 5.56 Å². The lowest BCUT2D eigenvalue weighted by atomic mass is 10.0. The highest BCUT2D eigenvalue weighted by Gasteiger charge is 2.24. The van der Waals surface area contributed by atoms with Crippen molar-refractivity contribution in [2.75, 3.05) is 13.7 Å². The molecule has 0 aliphatic rings. The molecule has 0 spiro atoms. The number of benzene rings is 3. The molecule has 0 aliphatic heterocycles. The number of ether oxygens (including phenoxy) is 3. The Balaban J connectivity index is 1.63. The maximum atomic E-state index is 12.8. The lowest BCUT2D eigenvalue weighted by molar-refractivity contribution is -0.123. The fourth-order valence-corrected chi connectivity index (χ4v) is 3.70. The maximum Gasteiger partial charge on any atom is 0.262 e. The predicted molar refractivity (Wildman–Crippen MR) is 148 cm³/mol. The second-order valence-electron chi connectivity index (χ2n) is 8.68. The van der Waals surface area contributed by atoms with Crippen LogP contribution in [0, 0.1) is 5.92 Å². The van der Waals surface area contributed by atoms with Crippen LogP contribution in [0.1, 0.15) is 42.3 Å². The maximum absolute atomic E-state index is 12.8. The van der Waals surface area contributed by atoms with Crippen molar-refractivity contribution in [1.29, 1.82) is 0 Å². The Labute approximate surface area is 227 Å². The summed E-state index contributed by atoms with van der Waals surface area (Å²) in [6, 6.07) is 18.7. The number of carbonyl (C=O) groups excluding carboxylic acids is 2. The minimum absolute atomic E-state index is 0.161. The molecule has 38 heavy (non-hydrogen) atoms. The third kappa shape index (κ3) is 7.98. The lowest BCUT2D eigenvalue weighted by Gasteiger charge is -2.20. The molecule has 0 aliphatic carbocycles. The molecule has 0 fully saturated rings. The number of methoxy groups -OCH3 is 1. The summed E-state index contributed by atoms with van der Waals surface area (Å²) >= 11 is 6.22. The molecule has 8 nitrogen and oxygen atoms in total. The number of nitrogens with one attached hydrogen (secondary N) is 2. The summed E-state index contributed by atoms with van der Waals surface area (Å²) in [6.45, 7) is 6.31. The zero-order chi connectivity index (χ0) is 27.5. The molecule has 3 aromatic rings. The van der Waals surface area contributed by atoms with E-state index >= 15 is 0 Å². The van der Waals surface area contributed by atoms with Crippen molar-refractivity contribution in [3.8, 4) is 17.2 Å². The van der Waals surface area contributed by atoms with E-state index in [1.807, 2.05) is 45.0 Å². The average molecular weight is 538 g/mol. The zero-order valence-electron chi connectivity index (χ0n) is 21.9. The number of carbonyl (C=O) groups is 2. The highest BCUT2D eigenvalue weighted by molar-refractivity contribution is 6.31. The van der Waals surface area contributed by atoms with Gasteiger partial charge in [-0.2, -0.15) is 5.10 Å². The summed E-state index contributed by atoms with van der Waals surface area (Å²) in [5.74, 6) is 0.797. The van der Waals surface area contributed by atoms with Crippen LogP contribution >= 0.6 is 11.6 Å². The Morgan fingerprint density at radius 2 is 1.74 bits per heavy atom. The molecule has 2 N–H and O–H groups in total. The largest absolute Gasteiger partial charge is 0.497 e. The monoisotopic (exact) mass is 537 g/mol. The van der Waals surface area contributed by atoms with E-state index in [2.05, 4.69) is 15.8 Å². The number of halogens is 1. The third-order valence-corrected chi connectivity index (χ3v) is 5.95. The van der Waals surface area contributed by atoms with Crippen LogP contribution in [0.4, 0.5) is 0 Å². The molecule has 9 heteroatoms. The van der Waals surface area contributed by atoms with Crippen molar-refractivity contribution in [3.63, 3.8) is 0 Å². The van der Waals surface area contributed by atoms with Crippen LogP contribution in [0.3, 0.4) is 0 Å². The summed E-state index contributed by atoms with van der Waals surface area (Å²) in [6.07, 6.45) is 1.50. The van der Waals surface area contributed by atoms with Crippen molar-refractivity contribution in [2.24, 2.45) is 11.0 Å². The first-order chi connectivity index (χ1) is 18.3. The number of nitrogens with zero attached hydrogens (tertiary/aromatic N) is 1. The Bertz CT molecular complexity index is 1260. The first-order valence-electron chi connectivity index (χ1n) is 12.2. The van der Waals surface area contributed by atoms with E-state index in [1.54, 1.807) is 49.6 Å². The van der Waals surface area contributed by atoms with Crippen LogP contribution in [0.2, 0.25) is 5.02 Å². The molecule has 0 radical (unpaired) electrons. The first-order valence-corrected chi connectivity index (χ1v) is 12.6. The normalized spacial score (nSPS) is 11.7. The summed E-state index contributed by atoms with van der Waals surface area (Å²) in [5, 5.41) is 7.48. The average Bonchev–Trinajstić information content (AvgIpc) is 2.92. The Hall–Kier alpha value is -4.04. The molecule has 1 atom stereocenters. The zero-order valence-corrected chi connectivity index (χ0v) is 22.6. The predicted octanol–water partition coefficient (Wildman–Crippen LogP) is 5.23. The molecule has 0 aromatic heterocycles. The smallest absolute Gasteiger partial charge is 0.262 e. The van der Waals surface area contributed by atoms with E-state index < -0.39 is 11.9 Å². The second-order valence-corrected chi connectivity index (χ2v) is 9.08. The molecule has 0 saturated carbocycles. The van der Waals surface area contributed by atoms with Crippen LogP contribution in [0.25, 0.3) is 0 Å². The van der Waals surface area contributed by atoms with Gasteiger partial charge >= 0.3 is 0 Å². The summed E-state index contributed by atoms with van der Waals surface area (Å²) < 4.78 is 16.8. The van der Waals surface area contributed by atoms with Gasteiger partial charge in [0.25, 0.3) is 11.8 Å². The molecule has 0 heterocycles. The van der Waals surface area contributed by atoms with Gasteiger partial charge in [0.2, 0.25) is 0 Å². The van der Waals surface area contributed by atoms with Gasteiger partial charge in [-0.25, -0.2) is 5.43 Å². The fourth-order valence-electron chi connectivity index (χ4n) is 3.51. The van der Waals surface area contributed by atoms with Gasteiger partial charge in [0, 0.05) is 16.1 Å². The van der Waals surface area contributed by atoms with Crippen molar-refractivity contribution < 1.29 is 23.8 Å². The van der Waals surface area contributed by atoms with Gasteiger partial charge in [-0.3, -0.25) is 9.59 Å². The van der Waals surface area contributed by atoms with Crippen LogP contribution in [0.5, 0.6) is 17.2 Å². The lowest BCUT2D eigenvalue weighted by Crippen LogP contribution is -2.48. The summed E-state index contributed by atoms with van der Waals surface area (Å²) in [7, 11) is 1.55. The quantitative estimate of drug-likeness (QED) is 0.243. The summed E-state index contributed by atoms with van der Waals surface area (Å²) in [5.41, 5.74) is 4.50. The molecular formula is C29H32ClN3O5. The number of amides is 2. The number of hydrogen-bond acceptors (Lipinski definition) is 6. The van der Waals surface area contributed by atoms with Crippen molar-refractivity contribution in [2.45, 2.75) is 33.4 Å². The van der Waals surface area contributed by atoms with Crippen LogP contribution < -0.4 is 25.0 Å². The van der Waals surface area contributed by atoms with Gasteiger partial charge in [0.15, 0.2) is 11.5 Å². The van der Waals surface area contributed by atoms with Crippen LogP contribution in [-0.2, 0) is 11.4 Å². The van der Waals surface area contributed by atoms with E-state index in [9.17, 15) is 9.59 Å². The molecule has 3 rings (SSSR count). The molecule has 0 bridgehead atoms. The molecule has 2 amide bonds.